The Balaban J connectivity index is 1.83. The van der Waals surface area contributed by atoms with Gasteiger partial charge in [0.1, 0.15) is 11.1 Å². The number of carbonyl (C=O) groups excluding carboxylic acids is 1. The smallest absolute Gasteiger partial charge is 0.316 e. The van der Waals surface area contributed by atoms with Gasteiger partial charge in [0.2, 0.25) is 0 Å². The molecule has 146 valence electrons. The molecule has 1 aliphatic rings. The standard InChI is InChI=1S/C22H18N2O2S3/c1-2-26-19(25)13-29-22-17(12-23)20(18-6-4-10-28-18)16-8-7-14(21(16)24-22)11-15-5-3-9-27-15/h3-6,9-11H,2,7-8,13H2,1H3/b14-11-. The number of thioether (sulfide) groups is 1. The van der Waals surface area contributed by atoms with E-state index in [1.807, 2.05) is 23.6 Å². The molecule has 29 heavy (non-hydrogen) atoms. The summed E-state index contributed by atoms with van der Waals surface area (Å²) in [7, 11) is 0. The fraction of sp³-hybridized carbons (Fsp3) is 0.227. The second-order valence-electron chi connectivity index (χ2n) is 6.36. The molecule has 0 N–H and O–H groups in total. The van der Waals surface area contributed by atoms with E-state index in [-0.39, 0.29) is 11.7 Å². The monoisotopic (exact) mass is 438 g/mol. The molecule has 0 radical (unpaired) electrons. The van der Waals surface area contributed by atoms with E-state index in [9.17, 15) is 10.1 Å². The second kappa shape index (κ2) is 8.95. The number of carbonyl (C=O) groups is 1. The Bertz CT molecular complexity index is 1090. The number of pyridine rings is 1. The quantitative estimate of drug-likeness (QED) is 0.355. The van der Waals surface area contributed by atoms with Crippen molar-refractivity contribution >= 4 is 52.1 Å². The van der Waals surface area contributed by atoms with Crippen LogP contribution in [0.3, 0.4) is 0 Å². The number of hydrogen-bond acceptors (Lipinski definition) is 7. The summed E-state index contributed by atoms with van der Waals surface area (Å²) in [6.45, 7) is 2.13. The maximum Gasteiger partial charge on any atom is 0.316 e. The van der Waals surface area contributed by atoms with E-state index in [0.29, 0.717) is 17.2 Å². The van der Waals surface area contributed by atoms with Gasteiger partial charge in [-0.15, -0.1) is 22.7 Å². The lowest BCUT2D eigenvalue weighted by Crippen LogP contribution is -2.08. The molecular weight excluding hydrogens is 420 g/mol. The molecule has 4 nitrogen and oxygen atoms in total. The third kappa shape index (κ3) is 4.15. The molecule has 0 aliphatic heterocycles. The zero-order valence-corrected chi connectivity index (χ0v) is 18.3. The van der Waals surface area contributed by atoms with E-state index >= 15 is 0 Å². The predicted molar refractivity (Wildman–Crippen MR) is 120 cm³/mol. The lowest BCUT2D eigenvalue weighted by Gasteiger charge is -2.13. The lowest BCUT2D eigenvalue weighted by molar-refractivity contribution is -0.139. The van der Waals surface area contributed by atoms with Crippen molar-refractivity contribution in [3.8, 4) is 16.5 Å². The van der Waals surface area contributed by atoms with Gasteiger partial charge in [-0.1, -0.05) is 23.9 Å². The van der Waals surface area contributed by atoms with Crippen molar-refractivity contribution in [1.82, 2.24) is 4.98 Å². The van der Waals surface area contributed by atoms with E-state index in [1.165, 1.54) is 22.2 Å². The van der Waals surface area contributed by atoms with Crippen molar-refractivity contribution in [2.45, 2.75) is 24.8 Å². The van der Waals surface area contributed by atoms with Crippen LogP contribution in [0.5, 0.6) is 0 Å². The molecule has 0 aromatic carbocycles. The predicted octanol–water partition coefficient (Wildman–Crippen LogP) is 5.89. The highest BCUT2D eigenvalue weighted by Gasteiger charge is 2.28. The highest BCUT2D eigenvalue weighted by atomic mass is 32.2. The van der Waals surface area contributed by atoms with Gasteiger partial charge in [-0.3, -0.25) is 4.79 Å². The van der Waals surface area contributed by atoms with Crippen LogP contribution in [0.15, 0.2) is 40.1 Å². The molecule has 7 heteroatoms. The average Bonchev–Trinajstić information content (AvgIpc) is 3.48. The third-order valence-corrected chi connectivity index (χ3v) is 7.24. The maximum atomic E-state index is 11.9. The molecule has 0 unspecified atom stereocenters. The number of thiophene rings is 2. The number of fused-ring (bicyclic) bond motifs is 1. The van der Waals surface area contributed by atoms with E-state index in [0.717, 1.165) is 34.5 Å². The molecule has 0 spiro atoms. The topological polar surface area (TPSA) is 63.0 Å². The highest BCUT2D eigenvalue weighted by Crippen LogP contribution is 2.44. The Morgan fingerprint density at radius 1 is 1.31 bits per heavy atom. The fourth-order valence-corrected chi connectivity index (χ4v) is 5.68. The van der Waals surface area contributed by atoms with Gasteiger partial charge in [-0.25, -0.2) is 4.98 Å². The van der Waals surface area contributed by atoms with Crippen LogP contribution in [0, 0.1) is 11.3 Å². The Morgan fingerprint density at radius 3 is 2.83 bits per heavy atom. The Morgan fingerprint density at radius 2 is 2.14 bits per heavy atom. The van der Waals surface area contributed by atoms with Crippen LogP contribution in [0.2, 0.25) is 0 Å². The number of nitrogens with zero attached hydrogens (tertiary/aromatic N) is 2. The van der Waals surface area contributed by atoms with Crippen LogP contribution >= 0.6 is 34.4 Å². The lowest BCUT2D eigenvalue weighted by atomic mass is 10.0. The van der Waals surface area contributed by atoms with Gasteiger partial charge < -0.3 is 4.74 Å². The Hall–Kier alpha value is -2.40. The number of hydrogen-bond donors (Lipinski definition) is 0. The van der Waals surface area contributed by atoms with Crippen molar-refractivity contribution in [2.24, 2.45) is 0 Å². The molecule has 0 atom stereocenters. The van der Waals surface area contributed by atoms with Crippen LogP contribution in [-0.4, -0.2) is 23.3 Å². The number of nitriles is 1. The summed E-state index contributed by atoms with van der Waals surface area (Å²) in [5.41, 5.74) is 4.79. The molecule has 0 fully saturated rings. The van der Waals surface area contributed by atoms with Gasteiger partial charge in [0.15, 0.2) is 0 Å². The Kier molecular flexibility index (Phi) is 6.14. The normalized spacial score (nSPS) is 14.0. The molecule has 3 aromatic rings. The number of esters is 1. The molecule has 1 aliphatic carbocycles. The van der Waals surface area contributed by atoms with E-state index in [1.54, 1.807) is 29.6 Å². The van der Waals surface area contributed by atoms with Crippen LogP contribution < -0.4 is 0 Å². The summed E-state index contributed by atoms with van der Waals surface area (Å²) in [6.07, 6.45) is 3.95. The SMILES string of the molecule is CCOC(=O)CSc1nc2c(c(-c3cccs3)c1C#N)CC/C2=C/c1cccs1. The molecular formula is C22H18N2O2S3. The van der Waals surface area contributed by atoms with Gasteiger partial charge in [0, 0.05) is 15.3 Å². The first-order valence-corrected chi connectivity index (χ1v) is 12.0. The summed E-state index contributed by atoms with van der Waals surface area (Å²) in [6, 6.07) is 10.5. The van der Waals surface area contributed by atoms with E-state index < -0.39 is 0 Å². The summed E-state index contributed by atoms with van der Waals surface area (Å²) >= 11 is 4.60. The van der Waals surface area contributed by atoms with E-state index in [4.69, 9.17) is 9.72 Å². The minimum Gasteiger partial charge on any atom is -0.465 e. The third-order valence-electron chi connectivity index (χ3n) is 4.58. The minimum absolute atomic E-state index is 0.141. The number of aromatic nitrogens is 1. The number of rotatable bonds is 6. The van der Waals surface area contributed by atoms with Gasteiger partial charge in [-0.2, -0.15) is 5.26 Å². The van der Waals surface area contributed by atoms with Crippen molar-refractivity contribution in [2.75, 3.05) is 12.4 Å². The summed E-state index contributed by atoms with van der Waals surface area (Å²) < 4.78 is 5.05. The molecule has 3 heterocycles. The van der Waals surface area contributed by atoms with Crippen molar-refractivity contribution in [3.63, 3.8) is 0 Å². The van der Waals surface area contributed by atoms with Gasteiger partial charge in [-0.05, 0) is 59.9 Å². The van der Waals surface area contributed by atoms with Crippen LogP contribution in [0.1, 0.15) is 35.0 Å². The first-order chi connectivity index (χ1) is 14.2. The molecule has 0 amide bonds. The molecule has 0 bridgehead atoms. The van der Waals surface area contributed by atoms with Crippen molar-refractivity contribution < 1.29 is 9.53 Å². The zero-order chi connectivity index (χ0) is 20.2. The van der Waals surface area contributed by atoms with Gasteiger partial charge >= 0.3 is 5.97 Å². The molecule has 0 saturated carbocycles. The molecule has 0 saturated heterocycles. The number of allylic oxidation sites excluding steroid dienone is 1. The average molecular weight is 439 g/mol. The number of ether oxygens (including phenoxy) is 1. The van der Waals surface area contributed by atoms with Crippen molar-refractivity contribution in [3.05, 3.63) is 56.7 Å². The largest absolute Gasteiger partial charge is 0.465 e. The fourth-order valence-electron chi connectivity index (χ4n) is 3.40. The maximum absolute atomic E-state index is 11.9. The Labute approximate surface area is 181 Å². The van der Waals surface area contributed by atoms with Crippen LogP contribution in [0.25, 0.3) is 22.1 Å². The second-order valence-corrected chi connectivity index (χ2v) is 9.25. The summed E-state index contributed by atoms with van der Waals surface area (Å²) in [5.74, 6) is -0.155. The summed E-state index contributed by atoms with van der Waals surface area (Å²) in [5, 5.41) is 14.6. The van der Waals surface area contributed by atoms with E-state index in [2.05, 4.69) is 23.6 Å². The minimum atomic E-state index is -0.296. The van der Waals surface area contributed by atoms with Crippen LogP contribution in [0.4, 0.5) is 0 Å². The highest BCUT2D eigenvalue weighted by molar-refractivity contribution is 7.99. The van der Waals surface area contributed by atoms with Gasteiger partial charge in [0.05, 0.1) is 23.6 Å². The first kappa shape index (κ1) is 19.9. The molecule has 3 aromatic heterocycles. The van der Waals surface area contributed by atoms with Crippen LogP contribution in [-0.2, 0) is 16.0 Å². The van der Waals surface area contributed by atoms with Gasteiger partial charge in [0.25, 0.3) is 0 Å². The summed E-state index contributed by atoms with van der Waals surface area (Å²) in [4.78, 5) is 19.0. The molecule has 4 rings (SSSR count). The zero-order valence-electron chi connectivity index (χ0n) is 15.8. The van der Waals surface area contributed by atoms with Crippen molar-refractivity contribution in [1.29, 1.82) is 5.26 Å². The first-order valence-electron chi connectivity index (χ1n) is 9.25.